The molecule has 1 atom stereocenters. The number of ether oxygens (including phenoxy) is 3. The molecule has 1 saturated heterocycles. The molecule has 12 nitrogen and oxygen atoms in total. The van der Waals surface area contributed by atoms with Crippen molar-refractivity contribution in [2.24, 2.45) is 0 Å². The lowest BCUT2D eigenvalue weighted by Crippen LogP contribution is -2.48. The number of amides is 2. The molecule has 0 spiro atoms. The number of carbonyl (C=O) groups excluding carboxylic acids is 2. The van der Waals surface area contributed by atoms with Crippen LogP contribution < -0.4 is 10.1 Å². The standard InChI is InChI=1S/C26H32FN7O5/c1-16-10-18(12-21(29-16)24(35)28-13-17-6-7-20(27)22(11-17)37-5)23-30-32-34(31-23)15-19-14-33(8-9-38-19)25(36)39-26(2,3)4/h6-7,10-12,19H,8-9,13-15H2,1-5H3,(H,28,35)/t19-/m0/s1. The van der Waals surface area contributed by atoms with Gasteiger partial charge in [0.05, 0.1) is 32.9 Å². The van der Waals surface area contributed by atoms with Crippen LogP contribution in [0.4, 0.5) is 9.18 Å². The molecule has 0 aliphatic carbocycles. The van der Waals surface area contributed by atoms with Crippen molar-refractivity contribution in [3.05, 3.63) is 53.1 Å². The average Bonchev–Trinajstić information content (AvgIpc) is 3.35. The van der Waals surface area contributed by atoms with Gasteiger partial charge in [-0.2, -0.15) is 4.80 Å². The molecule has 1 aliphatic heterocycles. The first-order valence-corrected chi connectivity index (χ1v) is 12.5. The van der Waals surface area contributed by atoms with E-state index in [4.69, 9.17) is 14.2 Å². The molecule has 3 aromatic rings. The van der Waals surface area contributed by atoms with Crippen LogP contribution in [0.15, 0.2) is 30.3 Å². The molecule has 1 aliphatic rings. The number of aromatic nitrogens is 5. The Kier molecular flexibility index (Phi) is 8.38. The van der Waals surface area contributed by atoms with Crippen LogP contribution in [0.2, 0.25) is 0 Å². The van der Waals surface area contributed by atoms with Gasteiger partial charge in [0, 0.05) is 24.3 Å². The second kappa shape index (κ2) is 11.7. The summed E-state index contributed by atoms with van der Waals surface area (Å²) >= 11 is 0. The summed E-state index contributed by atoms with van der Waals surface area (Å²) in [7, 11) is 1.38. The van der Waals surface area contributed by atoms with E-state index in [2.05, 4.69) is 25.7 Å². The van der Waals surface area contributed by atoms with Crippen LogP contribution >= 0.6 is 0 Å². The Bertz CT molecular complexity index is 1340. The molecule has 0 saturated carbocycles. The normalized spacial score (nSPS) is 15.6. The number of hydrogen-bond donors (Lipinski definition) is 1. The van der Waals surface area contributed by atoms with Crippen molar-refractivity contribution in [2.75, 3.05) is 26.8 Å². The van der Waals surface area contributed by atoms with Crippen LogP contribution in [0, 0.1) is 12.7 Å². The summed E-state index contributed by atoms with van der Waals surface area (Å²) in [6, 6.07) is 7.71. The summed E-state index contributed by atoms with van der Waals surface area (Å²) in [5.74, 6) is -0.470. The zero-order chi connectivity index (χ0) is 28.2. The first-order chi connectivity index (χ1) is 18.5. The first-order valence-electron chi connectivity index (χ1n) is 12.5. The van der Waals surface area contributed by atoms with Crippen LogP contribution in [0.3, 0.4) is 0 Å². The number of halogens is 1. The number of rotatable bonds is 7. The second-order valence-corrected chi connectivity index (χ2v) is 10.1. The quantitative estimate of drug-likeness (QED) is 0.479. The van der Waals surface area contributed by atoms with Crippen LogP contribution in [0.1, 0.15) is 42.5 Å². The zero-order valence-electron chi connectivity index (χ0n) is 22.6. The Balaban J connectivity index is 1.40. The van der Waals surface area contributed by atoms with Crippen molar-refractivity contribution in [1.82, 2.24) is 35.4 Å². The largest absolute Gasteiger partial charge is 0.494 e. The van der Waals surface area contributed by atoms with Gasteiger partial charge in [0.25, 0.3) is 5.91 Å². The van der Waals surface area contributed by atoms with Gasteiger partial charge in [-0.1, -0.05) is 6.07 Å². The van der Waals surface area contributed by atoms with E-state index in [1.807, 2.05) is 20.8 Å². The first kappa shape index (κ1) is 27.9. The molecule has 0 radical (unpaired) electrons. The third kappa shape index (κ3) is 7.47. The average molecular weight is 542 g/mol. The summed E-state index contributed by atoms with van der Waals surface area (Å²) in [5, 5.41) is 15.5. The minimum absolute atomic E-state index is 0.100. The number of morpholine rings is 1. The van der Waals surface area contributed by atoms with Crippen molar-refractivity contribution < 1.29 is 28.2 Å². The summed E-state index contributed by atoms with van der Waals surface area (Å²) in [6.07, 6.45) is -0.724. The molecule has 208 valence electrons. The van der Waals surface area contributed by atoms with Crippen molar-refractivity contribution in [3.63, 3.8) is 0 Å². The maximum atomic E-state index is 13.7. The number of hydrogen-bond acceptors (Lipinski definition) is 9. The zero-order valence-corrected chi connectivity index (χ0v) is 22.6. The molecule has 1 N–H and O–H groups in total. The van der Waals surface area contributed by atoms with E-state index in [-0.39, 0.29) is 36.7 Å². The number of tetrazole rings is 1. The van der Waals surface area contributed by atoms with Crippen LogP contribution in [0.25, 0.3) is 11.4 Å². The lowest BCUT2D eigenvalue weighted by molar-refractivity contribution is -0.0497. The molecule has 39 heavy (non-hydrogen) atoms. The molecule has 4 rings (SSSR count). The van der Waals surface area contributed by atoms with E-state index < -0.39 is 17.3 Å². The number of benzene rings is 1. The molecule has 2 amide bonds. The number of nitrogens with zero attached hydrogens (tertiary/aromatic N) is 6. The maximum absolute atomic E-state index is 13.7. The van der Waals surface area contributed by atoms with Crippen LogP contribution in [-0.2, 0) is 22.6 Å². The van der Waals surface area contributed by atoms with E-state index >= 15 is 0 Å². The van der Waals surface area contributed by atoms with Gasteiger partial charge in [-0.15, -0.1) is 10.2 Å². The van der Waals surface area contributed by atoms with Gasteiger partial charge in [-0.05, 0) is 62.7 Å². The van der Waals surface area contributed by atoms with E-state index in [0.717, 1.165) is 0 Å². The second-order valence-electron chi connectivity index (χ2n) is 10.1. The Morgan fingerprint density at radius 1 is 1.23 bits per heavy atom. The Morgan fingerprint density at radius 3 is 2.77 bits per heavy atom. The number of carbonyl (C=O) groups is 2. The lowest BCUT2D eigenvalue weighted by Gasteiger charge is -2.33. The fraction of sp³-hybridized carbons (Fsp3) is 0.462. The van der Waals surface area contributed by atoms with Crippen molar-refractivity contribution >= 4 is 12.0 Å². The van der Waals surface area contributed by atoms with Gasteiger partial charge < -0.3 is 24.4 Å². The predicted molar refractivity (Wildman–Crippen MR) is 137 cm³/mol. The summed E-state index contributed by atoms with van der Waals surface area (Å²) in [4.78, 5) is 32.6. The third-order valence-electron chi connectivity index (χ3n) is 5.72. The van der Waals surface area contributed by atoms with E-state index in [1.54, 1.807) is 30.0 Å². The molecule has 1 aromatic carbocycles. The number of pyridine rings is 1. The molecule has 0 unspecified atom stereocenters. The van der Waals surface area contributed by atoms with Gasteiger partial charge in [-0.25, -0.2) is 14.2 Å². The molecule has 0 bridgehead atoms. The topological polar surface area (TPSA) is 134 Å². The number of methoxy groups -OCH3 is 1. The molecular weight excluding hydrogens is 509 g/mol. The SMILES string of the molecule is COc1cc(CNC(=O)c2cc(-c3nnn(C[C@@H]4CN(C(=O)OC(C)(C)C)CCO4)n3)cc(C)n2)ccc1F. The van der Waals surface area contributed by atoms with Crippen molar-refractivity contribution in [3.8, 4) is 17.1 Å². The molecule has 3 heterocycles. The lowest BCUT2D eigenvalue weighted by atomic mass is 10.1. The summed E-state index contributed by atoms with van der Waals surface area (Å²) in [5.41, 5.74) is 1.44. The highest BCUT2D eigenvalue weighted by atomic mass is 19.1. The molecule has 2 aromatic heterocycles. The fourth-order valence-electron chi connectivity index (χ4n) is 3.94. The van der Waals surface area contributed by atoms with Crippen molar-refractivity contribution in [2.45, 2.75) is 52.5 Å². The minimum atomic E-state index is -0.583. The fourth-order valence-corrected chi connectivity index (χ4v) is 3.94. The molecule has 1 fully saturated rings. The minimum Gasteiger partial charge on any atom is -0.494 e. The van der Waals surface area contributed by atoms with E-state index in [0.29, 0.717) is 42.3 Å². The monoisotopic (exact) mass is 541 g/mol. The van der Waals surface area contributed by atoms with Gasteiger partial charge in [0.2, 0.25) is 5.82 Å². The Labute approximate surface area is 225 Å². The van der Waals surface area contributed by atoms with Gasteiger partial charge in [0.1, 0.15) is 11.3 Å². The third-order valence-corrected chi connectivity index (χ3v) is 5.72. The van der Waals surface area contributed by atoms with Gasteiger partial charge >= 0.3 is 6.09 Å². The smallest absolute Gasteiger partial charge is 0.410 e. The van der Waals surface area contributed by atoms with E-state index in [9.17, 15) is 14.0 Å². The van der Waals surface area contributed by atoms with Gasteiger partial charge in [-0.3, -0.25) is 4.79 Å². The number of nitrogens with one attached hydrogen (secondary N) is 1. The summed E-state index contributed by atoms with van der Waals surface area (Å²) in [6.45, 7) is 8.82. The molecule has 13 heteroatoms. The molecular formula is C26H32FN7O5. The highest BCUT2D eigenvalue weighted by molar-refractivity contribution is 5.93. The highest BCUT2D eigenvalue weighted by Gasteiger charge is 2.29. The van der Waals surface area contributed by atoms with E-state index in [1.165, 1.54) is 24.0 Å². The predicted octanol–water partition coefficient (Wildman–Crippen LogP) is 2.76. The maximum Gasteiger partial charge on any atom is 0.410 e. The summed E-state index contributed by atoms with van der Waals surface area (Å²) < 4.78 is 29.9. The van der Waals surface area contributed by atoms with Gasteiger partial charge in [0.15, 0.2) is 11.6 Å². The van der Waals surface area contributed by atoms with Crippen LogP contribution in [0.5, 0.6) is 5.75 Å². The van der Waals surface area contributed by atoms with Crippen LogP contribution in [-0.4, -0.2) is 80.6 Å². The number of aryl methyl sites for hydroxylation is 1. The van der Waals surface area contributed by atoms with Crippen molar-refractivity contribution in [1.29, 1.82) is 0 Å². The Hall–Kier alpha value is -4.13. The highest BCUT2D eigenvalue weighted by Crippen LogP contribution is 2.20. The Morgan fingerprint density at radius 2 is 2.03 bits per heavy atom.